The zero-order valence-corrected chi connectivity index (χ0v) is 9.90. The Morgan fingerprint density at radius 3 is 2.73 bits per heavy atom. The van der Waals surface area contributed by atoms with Crippen molar-refractivity contribution in [3.05, 3.63) is 46.2 Å². The number of nitrogens with one attached hydrogen (secondary N) is 1. The Balaban J connectivity index is 2.77. The molecule has 0 aliphatic carbocycles. The van der Waals surface area contributed by atoms with Crippen LogP contribution in [0, 0.1) is 5.82 Å². The highest BCUT2D eigenvalue weighted by atomic mass is 79.9. The van der Waals surface area contributed by atoms with Gasteiger partial charge in [-0.1, -0.05) is 28.1 Å². The molecule has 0 fully saturated rings. The van der Waals surface area contributed by atoms with Gasteiger partial charge in [0.1, 0.15) is 5.82 Å². The second kappa shape index (κ2) is 5.07. The molecule has 0 saturated carbocycles. The van der Waals surface area contributed by atoms with Crippen LogP contribution >= 0.6 is 15.9 Å². The zero-order chi connectivity index (χ0) is 11.4. The minimum Gasteiger partial charge on any atom is -0.348 e. The van der Waals surface area contributed by atoms with E-state index in [1.165, 1.54) is 12.1 Å². The van der Waals surface area contributed by atoms with Gasteiger partial charge >= 0.3 is 0 Å². The maximum Gasteiger partial charge on any atom is 0.251 e. The molecule has 0 aliphatic heterocycles. The first-order valence-electron chi connectivity index (χ1n) is 4.37. The summed E-state index contributed by atoms with van der Waals surface area (Å²) in [5.74, 6) is -0.747. The minimum atomic E-state index is -0.440. The summed E-state index contributed by atoms with van der Waals surface area (Å²) in [4.78, 5) is 11.5. The van der Waals surface area contributed by atoms with Gasteiger partial charge in [-0.3, -0.25) is 4.79 Å². The topological polar surface area (TPSA) is 29.1 Å². The van der Waals surface area contributed by atoms with Crippen LogP contribution in [0.3, 0.4) is 0 Å². The Hall–Kier alpha value is -1.16. The van der Waals surface area contributed by atoms with Gasteiger partial charge < -0.3 is 5.32 Å². The van der Waals surface area contributed by atoms with E-state index in [1.54, 1.807) is 6.07 Å². The van der Waals surface area contributed by atoms with Crippen LogP contribution in [-0.4, -0.2) is 12.5 Å². The number of amides is 1. The van der Waals surface area contributed by atoms with Crippen LogP contribution in [0.2, 0.25) is 0 Å². The van der Waals surface area contributed by atoms with Crippen LogP contribution in [-0.2, 0) is 0 Å². The summed E-state index contributed by atoms with van der Waals surface area (Å²) in [6.45, 7) is 5.86. The van der Waals surface area contributed by atoms with Gasteiger partial charge in [0.05, 0.1) is 0 Å². The second-order valence-corrected chi connectivity index (χ2v) is 4.21. The average molecular weight is 272 g/mol. The number of hydrogen-bond donors (Lipinski definition) is 1. The Morgan fingerprint density at radius 2 is 2.20 bits per heavy atom. The predicted octanol–water partition coefficient (Wildman–Crippen LogP) is 2.89. The molecule has 0 unspecified atom stereocenters. The Bertz CT molecular complexity index is 383. The first-order chi connectivity index (χ1) is 6.99. The summed E-state index contributed by atoms with van der Waals surface area (Å²) < 4.78 is 13.5. The lowest BCUT2D eigenvalue weighted by atomic mass is 10.2. The second-order valence-electron chi connectivity index (χ2n) is 3.30. The molecule has 1 aromatic rings. The number of carbonyl (C=O) groups is 1. The molecule has 0 aliphatic rings. The molecule has 1 aromatic carbocycles. The summed E-state index contributed by atoms with van der Waals surface area (Å²) >= 11 is 3.12. The maximum absolute atomic E-state index is 13.0. The van der Waals surface area contributed by atoms with Crippen LogP contribution in [0.25, 0.3) is 0 Å². The first-order valence-corrected chi connectivity index (χ1v) is 5.17. The molecule has 1 N–H and O–H groups in total. The van der Waals surface area contributed by atoms with Crippen molar-refractivity contribution in [2.24, 2.45) is 0 Å². The molecule has 0 heterocycles. The normalized spacial score (nSPS) is 9.80. The number of rotatable bonds is 3. The molecule has 0 bridgehead atoms. The van der Waals surface area contributed by atoms with Crippen molar-refractivity contribution in [3.8, 4) is 0 Å². The van der Waals surface area contributed by atoms with Gasteiger partial charge in [0, 0.05) is 16.6 Å². The fourth-order valence-electron chi connectivity index (χ4n) is 1.02. The molecule has 0 atom stereocenters. The van der Waals surface area contributed by atoms with Crippen LogP contribution < -0.4 is 5.32 Å². The van der Waals surface area contributed by atoms with E-state index in [0.29, 0.717) is 16.6 Å². The summed E-state index contributed by atoms with van der Waals surface area (Å²) in [6.07, 6.45) is 0. The van der Waals surface area contributed by atoms with Gasteiger partial charge in [0.15, 0.2) is 0 Å². The predicted molar refractivity (Wildman–Crippen MR) is 61.2 cm³/mol. The SMILES string of the molecule is C=C(C)CNC(=O)c1cc(F)cc(Br)c1. The molecule has 15 heavy (non-hydrogen) atoms. The van der Waals surface area contributed by atoms with Crippen LogP contribution in [0.5, 0.6) is 0 Å². The lowest BCUT2D eigenvalue weighted by molar-refractivity contribution is 0.0956. The van der Waals surface area contributed by atoms with Gasteiger partial charge in [0.25, 0.3) is 5.91 Å². The number of halogens is 2. The molecule has 0 saturated heterocycles. The first kappa shape index (κ1) is 11.9. The summed E-state index contributed by atoms with van der Waals surface area (Å²) in [6, 6.07) is 4.06. The van der Waals surface area contributed by atoms with Crippen LogP contribution in [0.4, 0.5) is 4.39 Å². The van der Waals surface area contributed by atoms with Gasteiger partial charge in [0.2, 0.25) is 0 Å². The van der Waals surface area contributed by atoms with E-state index in [1.807, 2.05) is 6.92 Å². The highest BCUT2D eigenvalue weighted by Gasteiger charge is 2.07. The van der Waals surface area contributed by atoms with E-state index in [4.69, 9.17) is 0 Å². The van der Waals surface area contributed by atoms with Gasteiger partial charge in [-0.2, -0.15) is 0 Å². The van der Waals surface area contributed by atoms with Crippen molar-refractivity contribution >= 4 is 21.8 Å². The third-order valence-corrected chi connectivity index (χ3v) is 2.13. The van der Waals surface area contributed by atoms with Gasteiger partial charge in [-0.25, -0.2) is 4.39 Å². The van der Waals surface area contributed by atoms with E-state index in [9.17, 15) is 9.18 Å². The van der Waals surface area contributed by atoms with E-state index < -0.39 is 5.82 Å². The summed E-state index contributed by atoms with van der Waals surface area (Å²) in [5, 5.41) is 2.63. The third kappa shape index (κ3) is 3.83. The molecule has 1 amide bonds. The van der Waals surface area contributed by atoms with Crippen molar-refractivity contribution in [1.82, 2.24) is 5.32 Å². The van der Waals surface area contributed by atoms with Crippen molar-refractivity contribution in [3.63, 3.8) is 0 Å². The van der Waals surface area contributed by atoms with Crippen molar-refractivity contribution in [2.75, 3.05) is 6.54 Å². The summed E-state index contributed by atoms with van der Waals surface area (Å²) in [5.41, 5.74) is 1.14. The Kier molecular flexibility index (Phi) is 4.03. The maximum atomic E-state index is 13.0. The molecule has 4 heteroatoms. The standard InChI is InChI=1S/C11H11BrFNO/c1-7(2)6-14-11(15)8-3-9(12)5-10(13)4-8/h3-5H,1,6H2,2H3,(H,14,15). The molecule has 0 radical (unpaired) electrons. The molecule has 2 nitrogen and oxygen atoms in total. The fraction of sp³-hybridized carbons (Fsp3) is 0.182. The lowest BCUT2D eigenvalue weighted by Gasteiger charge is -2.05. The summed E-state index contributed by atoms with van der Waals surface area (Å²) in [7, 11) is 0. The molecule has 80 valence electrons. The highest BCUT2D eigenvalue weighted by molar-refractivity contribution is 9.10. The number of benzene rings is 1. The van der Waals surface area contributed by atoms with Gasteiger partial charge in [-0.05, 0) is 25.1 Å². The largest absolute Gasteiger partial charge is 0.348 e. The van der Waals surface area contributed by atoms with E-state index >= 15 is 0 Å². The minimum absolute atomic E-state index is 0.295. The fourth-order valence-corrected chi connectivity index (χ4v) is 1.48. The molecular formula is C11H11BrFNO. The number of carbonyl (C=O) groups excluding carboxylic acids is 1. The van der Waals surface area contributed by atoms with E-state index in [2.05, 4.69) is 27.8 Å². The van der Waals surface area contributed by atoms with Crippen LogP contribution in [0.1, 0.15) is 17.3 Å². The van der Waals surface area contributed by atoms with E-state index in [-0.39, 0.29) is 5.91 Å². The molecule has 1 rings (SSSR count). The van der Waals surface area contributed by atoms with Gasteiger partial charge in [-0.15, -0.1) is 0 Å². The van der Waals surface area contributed by atoms with Crippen molar-refractivity contribution in [1.29, 1.82) is 0 Å². The lowest BCUT2D eigenvalue weighted by Crippen LogP contribution is -2.24. The Labute approximate surface area is 96.3 Å². The molecule has 0 aromatic heterocycles. The monoisotopic (exact) mass is 271 g/mol. The van der Waals surface area contributed by atoms with Crippen LogP contribution in [0.15, 0.2) is 34.8 Å². The number of hydrogen-bond acceptors (Lipinski definition) is 1. The molecule has 0 spiro atoms. The van der Waals surface area contributed by atoms with Crippen molar-refractivity contribution < 1.29 is 9.18 Å². The third-order valence-electron chi connectivity index (χ3n) is 1.68. The van der Waals surface area contributed by atoms with E-state index in [0.717, 1.165) is 5.57 Å². The smallest absolute Gasteiger partial charge is 0.251 e. The highest BCUT2D eigenvalue weighted by Crippen LogP contribution is 2.14. The Morgan fingerprint density at radius 1 is 1.53 bits per heavy atom. The average Bonchev–Trinajstić information content (AvgIpc) is 2.12. The quantitative estimate of drug-likeness (QED) is 0.842. The zero-order valence-electron chi connectivity index (χ0n) is 8.31. The molecular weight excluding hydrogens is 261 g/mol. The van der Waals surface area contributed by atoms with Crippen molar-refractivity contribution in [2.45, 2.75) is 6.92 Å².